The van der Waals surface area contributed by atoms with Crippen molar-refractivity contribution in [1.82, 2.24) is 0 Å². The molecule has 2 fully saturated rings. The van der Waals surface area contributed by atoms with E-state index in [0.717, 1.165) is 25.7 Å². The summed E-state index contributed by atoms with van der Waals surface area (Å²) < 4.78 is 11.6. The third-order valence-corrected chi connectivity index (χ3v) is 4.26. The van der Waals surface area contributed by atoms with E-state index in [4.69, 9.17) is 9.47 Å². The van der Waals surface area contributed by atoms with E-state index in [1.807, 2.05) is 12.2 Å². The summed E-state index contributed by atoms with van der Waals surface area (Å²) in [4.78, 5) is 11.7. The lowest BCUT2D eigenvalue weighted by molar-refractivity contribution is -0.191. The van der Waals surface area contributed by atoms with Gasteiger partial charge in [-0.25, -0.2) is 0 Å². The van der Waals surface area contributed by atoms with E-state index in [1.165, 1.54) is 5.57 Å². The van der Waals surface area contributed by atoms with Gasteiger partial charge in [0.1, 0.15) is 0 Å². The molecule has 1 heterocycles. The molecule has 92 valence electrons. The molecule has 1 aliphatic heterocycles. The summed E-state index contributed by atoms with van der Waals surface area (Å²) in [5.74, 6) is -0.178. The van der Waals surface area contributed by atoms with Crippen molar-refractivity contribution in [1.29, 1.82) is 0 Å². The molecule has 1 spiro atoms. The van der Waals surface area contributed by atoms with Gasteiger partial charge in [0.25, 0.3) is 0 Å². The van der Waals surface area contributed by atoms with Gasteiger partial charge in [-0.2, -0.15) is 0 Å². The lowest BCUT2D eigenvalue weighted by atomic mass is 9.67. The highest BCUT2D eigenvalue weighted by Gasteiger charge is 2.52. The Balaban J connectivity index is 1.91. The highest BCUT2D eigenvalue weighted by atomic mass is 16.7. The lowest BCUT2D eigenvalue weighted by Gasteiger charge is -2.44. The minimum atomic E-state index is -0.426. The van der Waals surface area contributed by atoms with Crippen LogP contribution in [0.25, 0.3) is 0 Å². The zero-order chi connectivity index (χ0) is 11.9. The summed E-state index contributed by atoms with van der Waals surface area (Å²) in [7, 11) is 0. The first-order valence-corrected chi connectivity index (χ1v) is 6.31. The second-order valence-corrected chi connectivity index (χ2v) is 5.37. The number of hydrogen-bond donors (Lipinski definition) is 0. The highest BCUT2D eigenvalue weighted by Crippen LogP contribution is 2.55. The fourth-order valence-electron chi connectivity index (χ4n) is 3.58. The van der Waals surface area contributed by atoms with E-state index in [1.54, 1.807) is 0 Å². The number of allylic oxidation sites excluding steroid dienone is 3. The van der Waals surface area contributed by atoms with Gasteiger partial charge in [0.15, 0.2) is 11.6 Å². The predicted molar refractivity (Wildman–Crippen MR) is 63.4 cm³/mol. The van der Waals surface area contributed by atoms with Crippen LogP contribution in [0.5, 0.6) is 0 Å². The normalized spacial score (nSPS) is 34.8. The number of rotatable bonds is 2. The molecule has 2 aliphatic carbocycles. The Bertz CT molecular complexity index is 390. The molecule has 17 heavy (non-hydrogen) atoms. The van der Waals surface area contributed by atoms with Crippen LogP contribution in [0.4, 0.5) is 0 Å². The number of fused-ring (bicyclic) bond motifs is 1. The largest absolute Gasteiger partial charge is 0.347 e. The van der Waals surface area contributed by atoms with Crippen LogP contribution < -0.4 is 0 Å². The van der Waals surface area contributed by atoms with Crippen LogP contribution in [0.1, 0.15) is 32.1 Å². The minimum absolute atomic E-state index is 0.0680. The molecule has 0 N–H and O–H groups in total. The topological polar surface area (TPSA) is 35.5 Å². The summed E-state index contributed by atoms with van der Waals surface area (Å²) in [5.41, 5.74) is 1.22. The molecule has 0 bridgehead atoms. The molecule has 3 aliphatic rings. The van der Waals surface area contributed by atoms with Gasteiger partial charge >= 0.3 is 0 Å². The van der Waals surface area contributed by atoms with E-state index < -0.39 is 5.79 Å². The molecule has 0 aromatic rings. The first-order valence-electron chi connectivity index (χ1n) is 6.31. The van der Waals surface area contributed by atoms with Crippen LogP contribution in [0.2, 0.25) is 0 Å². The number of carbonyl (C=O) groups excluding carboxylic acids is 1. The van der Waals surface area contributed by atoms with Gasteiger partial charge in [-0.3, -0.25) is 4.79 Å². The molecule has 1 saturated carbocycles. The van der Waals surface area contributed by atoms with E-state index in [2.05, 4.69) is 6.58 Å². The van der Waals surface area contributed by atoms with Gasteiger partial charge < -0.3 is 9.47 Å². The maximum Gasteiger partial charge on any atom is 0.169 e. The zero-order valence-electron chi connectivity index (χ0n) is 10.0. The fraction of sp³-hybridized carbons (Fsp3) is 0.643. The van der Waals surface area contributed by atoms with Crippen LogP contribution >= 0.6 is 0 Å². The first-order chi connectivity index (χ1) is 8.18. The average molecular weight is 234 g/mol. The van der Waals surface area contributed by atoms with Crippen molar-refractivity contribution in [3.63, 3.8) is 0 Å². The molecule has 3 nitrogen and oxygen atoms in total. The molecule has 0 amide bonds. The molecule has 0 radical (unpaired) electrons. The highest BCUT2D eigenvalue weighted by molar-refractivity contribution is 5.94. The average Bonchev–Trinajstić information content (AvgIpc) is 2.83. The Hall–Kier alpha value is -0.930. The molecule has 1 saturated heterocycles. The van der Waals surface area contributed by atoms with Crippen molar-refractivity contribution in [2.45, 2.75) is 37.9 Å². The molecular weight excluding hydrogens is 216 g/mol. The van der Waals surface area contributed by atoms with Crippen molar-refractivity contribution in [2.24, 2.45) is 5.41 Å². The van der Waals surface area contributed by atoms with E-state index in [9.17, 15) is 4.79 Å². The van der Waals surface area contributed by atoms with Crippen LogP contribution in [-0.4, -0.2) is 24.8 Å². The number of ether oxygens (including phenoxy) is 2. The molecule has 1 atom stereocenters. The van der Waals surface area contributed by atoms with Crippen molar-refractivity contribution in [3.8, 4) is 0 Å². The third-order valence-electron chi connectivity index (χ3n) is 4.26. The Morgan fingerprint density at radius 3 is 2.88 bits per heavy atom. The molecule has 3 rings (SSSR count). The SMILES string of the molecule is C=CC[C@]12CC(=O)C=C1CCC1(C2)OCCO1. The summed E-state index contributed by atoms with van der Waals surface area (Å²) in [6, 6.07) is 0. The van der Waals surface area contributed by atoms with Gasteiger partial charge in [-0.1, -0.05) is 11.6 Å². The molecule has 0 unspecified atom stereocenters. The van der Waals surface area contributed by atoms with Crippen molar-refractivity contribution in [3.05, 3.63) is 24.3 Å². The number of carbonyl (C=O) groups is 1. The van der Waals surface area contributed by atoms with Crippen LogP contribution in [-0.2, 0) is 14.3 Å². The first kappa shape index (κ1) is 11.2. The van der Waals surface area contributed by atoms with Crippen molar-refractivity contribution in [2.75, 3.05) is 13.2 Å². The lowest BCUT2D eigenvalue weighted by Crippen LogP contribution is -2.42. The Morgan fingerprint density at radius 1 is 1.41 bits per heavy atom. The van der Waals surface area contributed by atoms with Crippen LogP contribution in [0, 0.1) is 5.41 Å². The fourth-order valence-corrected chi connectivity index (χ4v) is 3.58. The number of hydrogen-bond acceptors (Lipinski definition) is 3. The summed E-state index contributed by atoms with van der Waals surface area (Å²) in [6.07, 6.45) is 7.81. The standard InChI is InChI=1S/C14H18O3/c1-2-4-13-9-12(15)8-11(13)3-5-14(10-13)16-6-7-17-14/h2,8H,1,3-7,9-10H2/t13-/m1/s1. The Labute approximate surface area is 101 Å². The van der Waals surface area contributed by atoms with Gasteiger partial charge in [0.2, 0.25) is 0 Å². The van der Waals surface area contributed by atoms with Crippen LogP contribution in [0.3, 0.4) is 0 Å². The maximum atomic E-state index is 11.7. The van der Waals surface area contributed by atoms with Crippen molar-refractivity contribution < 1.29 is 14.3 Å². The summed E-state index contributed by atoms with van der Waals surface area (Å²) >= 11 is 0. The summed E-state index contributed by atoms with van der Waals surface area (Å²) in [5, 5.41) is 0. The molecular formula is C14H18O3. The quantitative estimate of drug-likeness (QED) is 0.688. The third kappa shape index (κ3) is 1.69. The Kier molecular flexibility index (Phi) is 2.49. The monoisotopic (exact) mass is 234 g/mol. The second-order valence-electron chi connectivity index (χ2n) is 5.37. The zero-order valence-corrected chi connectivity index (χ0v) is 10.0. The van der Waals surface area contributed by atoms with Gasteiger partial charge in [0, 0.05) is 24.7 Å². The maximum absolute atomic E-state index is 11.7. The van der Waals surface area contributed by atoms with Crippen LogP contribution in [0.15, 0.2) is 24.3 Å². The molecule has 0 aromatic heterocycles. The number of ketones is 1. The molecule has 3 heteroatoms. The molecule has 0 aromatic carbocycles. The van der Waals surface area contributed by atoms with Crippen molar-refractivity contribution >= 4 is 5.78 Å². The van der Waals surface area contributed by atoms with E-state index in [0.29, 0.717) is 19.6 Å². The van der Waals surface area contributed by atoms with E-state index >= 15 is 0 Å². The van der Waals surface area contributed by atoms with E-state index in [-0.39, 0.29) is 11.2 Å². The summed E-state index contributed by atoms with van der Waals surface area (Å²) in [6.45, 7) is 5.19. The minimum Gasteiger partial charge on any atom is -0.347 e. The van der Waals surface area contributed by atoms with Gasteiger partial charge in [-0.05, 0) is 18.9 Å². The Morgan fingerprint density at radius 2 is 2.18 bits per heavy atom. The van der Waals surface area contributed by atoms with Gasteiger partial charge in [-0.15, -0.1) is 6.58 Å². The predicted octanol–water partition coefficient (Wildman–Crippen LogP) is 2.38. The second kappa shape index (κ2) is 3.79. The smallest absolute Gasteiger partial charge is 0.169 e. The van der Waals surface area contributed by atoms with Gasteiger partial charge in [0.05, 0.1) is 13.2 Å².